The Balaban J connectivity index is 1.42. The van der Waals surface area contributed by atoms with Crippen LogP contribution in [0.25, 0.3) is 11.2 Å². The maximum Gasteiger partial charge on any atom is 0.335 e. The van der Waals surface area contributed by atoms with Gasteiger partial charge in [-0.15, -0.1) is 0 Å². The highest BCUT2D eigenvalue weighted by molar-refractivity contribution is 7.98. The molecule has 2 aromatic heterocycles. The molecule has 3 heterocycles. The zero-order chi connectivity index (χ0) is 24.4. The Morgan fingerprint density at radius 3 is 2.71 bits per heavy atom. The molecule has 7 N–H and O–H groups in total. The minimum Gasteiger partial charge on any atom is -0.479 e. The highest BCUT2D eigenvalue weighted by Gasteiger charge is 2.49. The lowest BCUT2D eigenvalue weighted by atomic mass is 10.1. The number of imidazole rings is 1. The topological polar surface area (TPSA) is 192 Å². The molecule has 1 fully saturated rings. The first-order chi connectivity index (χ1) is 16.3. The lowest BCUT2D eigenvalue weighted by Crippen LogP contribution is -2.54. The summed E-state index contributed by atoms with van der Waals surface area (Å²) in [6, 6.07) is 5.13. The molecule has 0 saturated carbocycles. The van der Waals surface area contributed by atoms with E-state index in [4.69, 9.17) is 27.8 Å². The largest absolute Gasteiger partial charge is 0.479 e. The summed E-state index contributed by atoms with van der Waals surface area (Å²) in [4.78, 5) is 36.5. The monoisotopic (exact) mass is 507 g/mol. The number of aliphatic hydroxyl groups excluding tert-OH is 1. The number of nitrogen functional groups attached to an aromatic ring is 1. The maximum atomic E-state index is 12.7. The van der Waals surface area contributed by atoms with Crippen LogP contribution in [0.15, 0.2) is 36.9 Å². The van der Waals surface area contributed by atoms with Crippen molar-refractivity contribution >= 4 is 52.2 Å². The van der Waals surface area contributed by atoms with Crippen molar-refractivity contribution in [2.75, 3.05) is 11.5 Å². The molecule has 1 unspecified atom stereocenters. The third-order valence-electron chi connectivity index (χ3n) is 5.30. The van der Waals surface area contributed by atoms with Crippen LogP contribution in [0, 0.1) is 0 Å². The van der Waals surface area contributed by atoms with Gasteiger partial charge in [-0.25, -0.2) is 19.7 Å². The summed E-state index contributed by atoms with van der Waals surface area (Å²) in [5.41, 5.74) is 13.3. The predicted molar refractivity (Wildman–Crippen MR) is 125 cm³/mol. The Morgan fingerprint density at radius 1 is 1.26 bits per heavy atom. The van der Waals surface area contributed by atoms with Crippen LogP contribution in [-0.2, 0) is 20.1 Å². The van der Waals surface area contributed by atoms with Gasteiger partial charge in [0.15, 0.2) is 23.8 Å². The van der Waals surface area contributed by atoms with Gasteiger partial charge in [0.05, 0.1) is 18.4 Å². The van der Waals surface area contributed by atoms with E-state index in [1.165, 1.54) is 29.0 Å². The van der Waals surface area contributed by atoms with Gasteiger partial charge in [-0.05, 0) is 17.7 Å². The summed E-state index contributed by atoms with van der Waals surface area (Å²) >= 11 is 7.31. The fraction of sp³-hybridized carbons (Fsp3) is 0.350. The van der Waals surface area contributed by atoms with E-state index in [0.29, 0.717) is 10.8 Å². The fourth-order valence-electron chi connectivity index (χ4n) is 3.56. The number of anilines is 1. The van der Waals surface area contributed by atoms with Crippen molar-refractivity contribution in [2.24, 2.45) is 5.73 Å². The van der Waals surface area contributed by atoms with Gasteiger partial charge >= 0.3 is 5.97 Å². The molecule has 1 saturated heterocycles. The van der Waals surface area contributed by atoms with Crippen LogP contribution in [0.5, 0.6) is 0 Å². The number of aliphatic hydroxyl groups is 1. The summed E-state index contributed by atoms with van der Waals surface area (Å²) < 4.78 is 6.92. The molecule has 1 aromatic carbocycles. The molecule has 12 nitrogen and oxygen atoms in total. The summed E-state index contributed by atoms with van der Waals surface area (Å²) in [5, 5.41) is 23.6. The number of nitrogens with two attached hydrogens (primary N) is 2. The standard InChI is InChI=1S/C20H22ClN7O5S/c21-10-3-1-9(2-4-10)5-34-6-11(22)18(30)27-12-14(29)19(33-15(12)20(31)32)28-8-26-13-16(23)24-7-25-17(13)28/h1-4,7-8,11-12,14-15,19,29H,5-6,22H2,(H,27,30)(H,31,32)(H2,23,24,25)/t11?,12-,14+,15-,19+/m0/s1. The quantitative estimate of drug-likeness (QED) is 0.278. The Labute approximate surface area is 202 Å². The summed E-state index contributed by atoms with van der Waals surface area (Å²) in [7, 11) is 0. The minimum atomic E-state index is -1.52. The van der Waals surface area contributed by atoms with Crippen molar-refractivity contribution in [1.82, 2.24) is 24.8 Å². The van der Waals surface area contributed by atoms with Gasteiger partial charge < -0.3 is 31.7 Å². The fourth-order valence-corrected chi connectivity index (χ4v) is 4.64. The molecule has 34 heavy (non-hydrogen) atoms. The smallest absolute Gasteiger partial charge is 0.335 e. The van der Waals surface area contributed by atoms with Gasteiger partial charge in [0.2, 0.25) is 5.91 Å². The zero-order valence-electron chi connectivity index (χ0n) is 17.6. The number of hydrogen-bond acceptors (Lipinski definition) is 10. The molecule has 180 valence electrons. The molecule has 14 heteroatoms. The molecule has 3 aromatic rings. The Hall–Kier alpha value is -2.97. The first kappa shape index (κ1) is 24.2. The Kier molecular flexibility index (Phi) is 7.19. The molecule has 1 aliphatic heterocycles. The van der Waals surface area contributed by atoms with Crippen molar-refractivity contribution in [3.05, 3.63) is 47.5 Å². The van der Waals surface area contributed by atoms with E-state index in [0.717, 1.165) is 5.56 Å². The number of benzene rings is 1. The summed E-state index contributed by atoms with van der Waals surface area (Å²) in [5.74, 6) is -0.938. The Morgan fingerprint density at radius 2 is 2.00 bits per heavy atom. The van der Waals surface area contributed by atoms with Gasteiger partial charge in [-0.3, -0.25) is 9.36 Å². The Bertz CT molecular complexity index is 1190. The minimum absolute atomic E-state index is 0.123. The first-order valence-electron chi connectivity index (χ1n) is 10.1. The average molecular weight is 508 g/mol. The van der Waals surface area contributed by atoms with Crippen LogP contribution in [0.3, 0.4) is 0 Å². The van der Waals surface area contributed by atoms with Gasteiger partial charge in [0, 0.05) is 16.5 Å². The number of nitrogens with one attached hydrogen (secondary N) is 1. The van der Waals surface area contributed by atoms with Gasteiger partial charge in [0.25, 0.3) is 0 Å². The molecular formula is C20H22ClN7O5S. The first-order valence-corrected chi connectivity index (χ1v) is 11.7. The third kappa shape index (κ3) is 4.93. The van der Waals surface area contributed by atoms with E-state index < -0.39 is 42.4 Å². The second kappa shape index (κ2) is 10.1. The number of hydrogen-bond donors (Lipinski definition) is 5. The van der Waals surface area contributed by atoms with Crippen LogP contribution in [0.2, 0.25) is 5.02 Å². The number of carbonyl (C=O) groups is 2. The molecule has 0 aliphatic carbocycles. The van der Waals surface area contributed by atoms with Gasteiger partial charge in [-0.1, -0.05) is 23.7 Å². The van der Waals surface area contributed by atoms with E-state index in [9.17, 15) is 19.8 Å². The van der Waals surface area contributed by atoms with Crippen molar-refractivity contribution < 1.29 is 24.5 Å². The second-order valence-electron chi connectivity index (χ2n) is 7.64. The van der Waals surface area contributed by atoms with Crippen LogP contribution in [-0.4, -0.2) is 71.7 Å². The number of aliphatic carboxylic acids is 1. The molecule has 5 atom stereocenters. The number of carboxylic acids is 1. The van der Waals surface area contributed by atoms with E-state index in [1.54, 1.807) is 12.1 Å². The average Bonchev–Trinajstić information content (AvgIpc) is 3.37. The van der Waals surface area contributed by atoms with Crippen LogP contribution >= 0.6 is 23.4 Å². The van der Waals surface area contributed by atoms with E-state index in [1.807, 2.05) is 12.1 Å². The van der Waals surface area contributed by atoms with Gasteiger partial charge in [0.1, 0.15) is 17.9 Å². The van der Waals surface area contributed by atoms with Crippen molar-refractivity contribution in [3.63, 3.8) is 0 Å². The lowest BCUT2D eigenvalue weighted by molar-refractivity contribution is -0.152. The number of ether oxygens (including phenoxy) is 1. The number of carboxylic acid groups (broad SMARTS) is 1. The van der Waals surface area contributed by atoms with Crippen molar-refractivity contribution in [3.8, 4) is 0 Å². The molecule has 0 radical (unpaired) electrons. The number of thioether (sulfide) groups is 1. The van der Waals surface area contributed by atoms with Crippen LogP contribution in [0.4, 0.5) is 5.82 Å². The molecule has 0 bridgehead atoms. The van der Waals surface area contributed by atoms with Crippen molar-refractivity contribution in [1.29, 1.82) is 0 Å². The number of fused-ring (bicyclic) bond motifs is 1. The van der Waals surface area contributed by atoms with E-state index in [2.05, 4.69) is 20.3 Å². The third-order valence-corrected chi connectivity index (χ3v) is 6.69. The molecule has 1 amide bonds. The predicted octanol–water partition coefficient (Wildman–Crippen LogP) is 0.150. The number of carbonyl (C=O) groups excluding carboxylic acids is 1. The van der Waals surface area contributed by atoms with Gasteiger partial charge in [-0.2, -0.15) is 11.8 Å². The number of aromatic nitrogens is 4. The number of halogens is 1. The van der Waals surface area contributed by atoms with Crippen LogP contribution < -0.4 is 16.8 Å². The highest BCUT2D eigenvalue weighted by atomic mass is 35.5. The molecule has 4 rings (SSSR count). The molecule has 1 aliphatic rings. The summed E-state index contributed by atoms with van der Waals surface area (Å²) in [6.45, 7) is 0. The molecule has 0 spiro atoms. The molecular weight excluding hydrogens is 486 g/mol. The number of amides is 1. The van der Waals surface area contributed by atoms with E-state index >= 15 is 0 Å². The summed E-state index contributed by atoms with van der Waals surface area (Å²) in [6.07, 6.45) is -1.60. The SMILES string of the molecule is Nc1ncnc2c1ncn2[C@@H]1O[C@H](C(=O)O)[C@@H](NC(=O)C(N)CSCc2ccc(Cl)cc2)[C@H]1O. The normalized spacial score (nSPS) is 23.1. The second-order valence-corrected chi connectivity index (χ2v) is 9.11. The highest BCUT2D eigenvalue weighted by Crippen LogP contribution is 2.32. The van der Waals surface area contributed by atoms with Crippen LogP contribution in [0.1, 0.15) is 11.8 Å². The number of nitrogens with zero attached hydrogens (tertiary/aromatic N) is 4. The number of rotatable bonds is 8. The maximum absolute atomic E-state index is 12.7. The van der Waals surface area contributed by atoms with Crippen molar-refractivity contribution in [2.45, 2.75) is 36.3 Å². The lowest BCUT2D eigenvalue weighted by Gasteiger charge is -2.22. The zero-order valence-corrected chi connectivity index (χ0v) is 19.2. The van der Waals surface area contributed by atoms with E-state index in [-0.39, 0.29) is 22.7 Å².